The van der Waals surface area contributed by atoms with Gasteiger partial charge in [-0.1, -0.05) is 93.9 Å². The normalized spacial score (nSPS) is 14.1. The van der Waals surface area contributed by atoms with Crippen LogP contribution in [0.4, 0.5) is 24.8 Å². The van der Waals surface area contributed by atoms with Gasteiger partial charge in [0.2, 0.25) is 0 Å². The number of H-pyrrole nitrogens is 1. The number of carbonyl (C=O) groups excluding carboxylic acids is 2. The van der Waals surface area contributed by atoms with Crippen LogP contribution in [0.3, 0.4) is 0 Å². The highest BCUT2D eigenvalue weighted by atomic mass is 28.3. The predicted molar refractivity (Wildman–Crippen MR) is 398 cm³/mol. The number of fused-ring (bicyclic) bond motifs is 3. The maximum Gasteiger partial charge on any atom is 0.496 e. The Morgan fingerprint density at radius 3 is 1.35 bits per heavy atom. The first-order valence-corrected chi connectivity index (χ1v) is 40.6. The van der Waals surface area contributed by atoms with E-state index in [0.29, 0.717) is 88.0 Å². The number of hydrogen-bond donors (Lipinski definition) is 5. The van der Waals surface area contributed by atoms with E-state index in [1.54, 1.807) is 126 Å². The molecule has 0 saturated carbocycles. The number of nitrogen functional groups attached to an aromatic ring is 2. The zero-order chi connectivity index (χ0) is 73.0. The molecule has 0 aliphatic carbocycles. The summed E-state index contributed by atoms with van der Waals surface area (Å²) in [6.07, 6.45) is 10.9. The molecule has 26 heteroatoms. The zero-order valence-electron chi connectivity index (χ0n) is 59.6. The van der Waals surface area contributed by atoms with Crippen LogP contribution in [0.25, 0.3) is 88.7 Å². The number of amides is 2. The molecule has 3 aromatic carbocycles. The number of aromatic amines is 1. The van der Waals surface area contributed by atoms with Gasteiger partial charge in [0.05, 0.1) is 11.2 Å². The Labute approximate surface area is 588 Å². The minimum Gasteiger partial charge on any atom is -0.399 e. The molecule has 2 atom stereocenters. The van der Waals surface area contributed by atoms with Crippen LogP contribution in [0, 0.1) is 17.5 Å². The quantitative estimate of drug-likeness (QED) is 0.0351. The Bertz CT molecular complexity index is 4800. The van der Waals surface area contributed by atoms with E-state index in [0.717, 1.165) is 44.9 Å². The van der Waals surface area contributed by atoms with E-state index in [4.69, 9.17) is 40.2 Å². The van der Waals surface area contributed by atoms with Crippen LogP contribution in [0.15, 0.2) is 153 Å². The molecule has 0 spiro atoms. The van der Waals surface area contributed by atoms with Gasteiger partial charge < -0.3 is 64.4 Å². The molecule has 0 radical (unpaired) electrons. The van der Waals surface area contributed by atoms with E-state index in [2.05, 4.69) is 59.2 Å². The van der Waals surface area contributed by atoms with Gasteiger partial charge in [0.15, 0.2) is 12.2 Å². The Kier molecular flexibility index (Phi) is 22.4. The second kappa shape index (κ2) is 30.4. The van der Waals surface area contributed by atoms with Crippen LogP contribution in [0.2, 0.25) is 51.4 Å². The third-order valence-electron chi connectivity index (χ3n) is 18.0. The lowest BCUT2D eigenvalue weighted by Crippen LogP contribution is -2.41. The molecule has 9 heterocycles. The first-order chi connectivity index (χ1) is 47.7. The maximum absolute atomic E-state index is 14.9. The van der Waals surface area contributed by atoms with Gasteiger partial charge in [-0.15, -0.1) is 0 Å². The molecular weight excluding hydrogens is 1320 g/mol. The van der Waals surface area contributed by atoms with E-state index in [-0.39, 0.29) is 40.2 Å². The number of nitrogens with two attached hydrogens (primary N) is 2. The Hall–Kier alpha value is -9.38. The number of aromatic nitrogens is 8. The highest BCUT2D eigenvalue weighted by Crippen LogP contribution is 2.40. The summed E-state index contributed by atoms with van der Waals surface area (Å²) in [6, 6.07) is 31.1. The second-order valence-electron chi connectivity index (χ2n) is 29.0. The van der Waals surface area contributed by atoms with E-state index in [9.17, 15) is 33.0 Å². The number of anilines is 2. The molecule has 1 fully saturated rings. The first-order valence-electron chi connectivity index (χ1n) is 33.2. The van der Waals surface area contributed by atoms with Crippen molar-refractivity contribution in [3.63, 3.8) is 0 Å². The van der Waals surface area contributed by atoms with E-state index in [1.165, 1.54) is 28.0 Å². The molecule has 8 aromatic heterocycles. The van der Waals surface area contributed by atoms with Gasteiger partial charge in [0.25, 0.3) is 11.8 Å². The average molecular weight is 1410 g/mol. The molecule has 7 N–H and O–H groups in total. The minimum absolute atomic E-state index is 0.0687. The number of nitrogens with zero attached hydrogens (tertiary/aromatic N) is 9. The van der Waals surface area contributed by atoms with Crippen LogP contribution in [-0.2, 0) is 41.8 Å². The van der Waals surface area contributed by atoms with Crippen molar-refractivity contribution in [3.05, 3.63) is 181 Å². The summed E-state index contributed by atoms with van der Waals surface area (Å²) < 4.78 is 72.2. The lowest BCUT2D eigenvalue weighted by atomic mass is 9.79. The van der Waals surface area contributed by atoms with Crippen LogP contribution in [0.5, 0.6) is 0 Å². The van der Waals surface area contributed by atoms with Gasteiger partial charge in [-0.2, -0.15) is 0 Å². The van der Waals surface area contributed by atoms with Crippen LogP contribution in [0.1, 0.15) is 51.0 Å². The number of ether oxygens (including phenoxy) is 2. The van der Waals surface area contributed by atoms with Crippen LogP contribution < -0.4 is 16.9 Å². The lowest BCUT2D eigenvalue weighted by Gasteiger charge is -2.32. The Morgan fingerprint density at radius 1 is 0.545 bits per heavy atom. The summed E-state index contributed by atoms with van der Waals surface area (Å²) in [5, 5.41) is 23.3. The number of nitrogens with one attached hydrogen (secondary N) is 1. The monoisotopic (exact) mass is 1410 g/mol. The Morgan fingerprint density at radius 2 is 0.921 bits per heavy atom. The van der Waals surface area contributed by atoms with Crippen molar-refractivity contribution in [1.82, 2.24) is 48.8 Å². The van der Waals surface area contributed by atoms with Gasteiger partial charge in [-0.3, -0.25) is 9.59 Å². The van der Waals surface area contributed by atoms with Crippen molar-refractivity contribution in [1.29, 1.82) is 0 Å². The molecule has 101 heavy (non-hydrogen) atoms. The molecule has 2 unspecified atom stereocenters. The van der Waals surface area contributed by atoms with Gasteiger partial charge in [0, 0.05) is 196 Å². The van der Waals surface area contributed by atoms with Crippen LogP contribution >= 0.6 is 0 Å². The Balaban J connectivity index is 0.000000164. The number of pyridine rings is 5. The topological polar surface area (TPSA) is 260 Å². The van der Waals surface area contributed by atoms with Gasteiger partial charge in [0.1, 0.15) is 59.5 Å². The summed E-state index contributed by atoms with van der Waals surface area (Å²) in [5.41, 5.74) is 20.5. The average Bonchev–Trinajstić information content (AvgIpc) is 1.65. The number of halogens is 3. The smallest absolute Gasteiger partial charge is 0.399 e. The third kappa shape index (κ3) is 17.0. The fraction of sp³-hybridized carbons (Fsp3) is 0.320. The van der Waals surface area contributed by atoms with Gasteiger partial charge >= 0.3 is 7.12 Å². The van der Waals surface area contributed by atoms with Gasteiger partial charge in [-0.25, -0.2) is 38.1 Å². The molecule has 1 saturated heterocycles. The number of aliphatic hydroxyl groups excluding tert-OH is 2. The summed E-state index contributed by atoms with van der Waals surface area (Å²) in [4.78, 5) is 52.3. The molecule has 11 aromatic rings. The number of rotatable bonds is 20. The highest BCUT2D eigenvalue weighted by Gasteiger charge is 2.52. The van der Waals surface area contributed by atoms with E-state index in [1.807, 2.05) is 73.5 Å². The number of likely N-dealkylation sites (N-methyl/N-ethyl adjacent to an activating group) is 2. The summed E-state index contributed by atoms with van der Waals surface area (Å²) >= 11 is 0. The number of carbonyl (C=O) groups is 2. The summed E-state index contributed by atoms with van der Waals surface area (Å²) in [7, 11) is 3.27. The van der Waals surface area contributed by atoms with Crippen molar-refractivity contribution in [2.75, 3.05) is 52.9 Å². The number of benzene rings is 3. The van der Waals surface area contributed by atoms with Crippen LogP contribution in [-0.4, -0.2) is 147 Å². The summed E-state index contributed by atoms with van der Waals surface area (Å²) in [5.74, 6) is -1.79. The second-order valence-corrected chi connectivity index (χ2v) is 40.2. The lowest BCUT2D eigenvalue weighted by molar-refractivity contribution is -0.138. The standard InChI is InChI=1S/C28H34FN5O3Si.C25H34BFN2O3Si.C22H20FN5O2/c1-33(2)28(36)25(35)22-13-19(14-31-26(22)30)18-12-21-23(20-8-6-7-9-24(20)29)16-34(27(21)32-15-18)17-37-10-11-38(3,4)5;1-24(2)25(3,4)32-26(31-24)18-14-20-21(19-10-8-9-11-22(19)27)16-29(23(20)28-15-18)17-30-12-13-33(5,6)7;1-28(2)22(30)19(29)16-8-13(9-25-20(16)24)12-7-15-17(11-27-21(15)26-10-12)14-5-3-4-6-18(14)23/h6-9,12-16,25,35H,10-11,17H2,1-5H3,(H2,30,31);8-11,14-16H,12-13,17H2,1-7H3;3-11,19,29H,1-2H3,(H2,24,25)(H,26,27). The number of hydrogen-bond acceptors (Lipinski definition) is 15. The molecule has 0 bridgehead atoms. The van der Waals surface area contributed by atoms with Crippen molar-refractivity contribution < 1.29 is 51.8 Å². The van der Waals surface area contributed by atoms with Gasteiger partial charge in [-0.05, 0) is 88.3 Å². The molecule has 528 valence electrons. The minimum atomic E-state index is -1.45. The molecule has 12 rings (SSSR count). The highest BCUT2D eigenvalue weighted by molar-refractivity contribution is 6.76. The molecule has 2 amide bonds. The molecular formula is C75H88BF3N12O8Si2. The first kappa shape index (κ1) is 74.3. The maximum atomic E-state index is 14.9. The van der Waals surface area contributed by atoms with E-state index < -0.39 is 58.5 Å². The fourth-order valence-electron chi connectivity index (χ4n) is 11.2. The van der Waals surface area contributed by atoms with Crippen molar-refractivity contribution >= 4 is 85.3 Å². The SMILES string of the molecule is CC1(C)OB(c2cnc3c(c2)c(-c2ccccc2F)cn3COCC[Si](C)(C)C)OC1(C)C.CN(C)C(=O)C(O)c1cc(-c2cnc3[nH]cc(-c4ccccc4F)c3c2)cnc1N.CN(C)C(=O)C(O)c1cc(-c2cnc3c(c2)c(-c2ccccc2F)cn3COCC[Si](C)(C)C)cnc1N. The van der Waals surface area contributed by atoms with Crippen molar-refractivity contribution in [2.24, 2.45) is 0 Å². The zero-order valence-corrected chi connectivity index (χ0v) is 61.6. The fourth-order valence-corrected chi connectivity index (χ4v) is 12.8. The summed E-state index contributed by atoms with van der Waals surface area (Å²) in [6.45, 7) is 24.0. The van der Waals surface area contributed by atoms with Crippen molar-refractivity contribution in [3.8, 4) is 55.6 Å². The molecule has 1 aliphatic rings. The third-order valence-corrected chi connectivity index (χ3v) is 21.4. The number of aliphatic hydroxyl groups is 2. The predicted octanol–water partition coefficient (Wildman–Crippen LogP) is 13.5. The van der Waals surface area contributed by atoms with E-state index >= 15 is 0 Å². The van der Waals surface area contributed by atoms with Crippen molar-refractivity contribution in [2.45, 2.75) is 116 Å². The molecule has 20 nitrogen and oxygen atoms in total. The molecule has 1 aliphatic heterocycles. The largest absolute Gasteiger partial charge is 0.496 e.